The fourth-order valence-electron chi connectivity index (χ4n) is 3.76. The predicted octanol–water partition coefficient (Wildman–Crippen LogP) is 3.25. The molecule has 0 N–H and O–H groups in total. The summed E-state index contributed by atoms with van der Waals surface area (Å²) in [7, 11) is 0. The van der Waals surface area contributed by atoms with E-state index in [-0.39, 0.29) is 17.7 Å². The Morgan fingerprint density at radius 2 is 1.48 bits per heavy atom. The Labute approximate surface area is 164 Å². The molecule has 0 unspecified atom stereocenters. The standard InChI is InChI=1S/C22H35N3O2/c1-5-23(6-2)17-18-9-11-19(12-10-18)22(27)25-15-13-20(14-16-25)21(26)24(7-3)8-4/h9-12,20H,5-8,13-17H2,1-4H3. The number of rotatable bonds is 8. The van der Waals surface area contributed by atoms with Gasteiger partial charge in [0.1, 0.15) is 0 Å². The van der Waals surface area contributed by atoms with Gasteiger partial charge in [-0.3, -0.25) is 14.5 Å². The molecule has 1 aromatic rings. The first-order valence-electron chi connectivity index (χ1n) is 10.4. The van der Waals surface area contributed by atoms with Gasteiger partial charge in [-0.25, -0.2) is 0 Å². The largest absolute Gasteiger partial charge is 0.343 e. The van der Waals surface area contributed by atoms with E-state index in [2.05, 4.69) is 30.9 Å². The van der Waals surface area contributed by atoms with Crippen molar-refractivity contribution < 1.29 is 9.59 Å². The smallest absolute Gasteiger partial charge is 0.253 e. The minimum atomic E-state index is 0.0606. The molecule has 1 aliphatic rings. The summed E-state index contributed by atoms with van der Waals surface area (Å²) >= 11 is 0. The summed E-state index contributed by atoms with van der Waals surface area (Å²) in [5, 5.41) is 0. The molecule has 5 nitrogen and oxygen atoms in total. The Kier molecular flexibility index (Phi) is 8.29. The van der Waals surface area contributed by atoms with Gasteiger partial charge in [0.2, 0.25) is 5.91 Å². The van der Waals surface area contributed by atoms with Gasteiger partial charge in [0.25, 0.3) is 5.91 Å². The Morgan fingerprint density at radius 3 is 1.96 bits per heavy atom. The highest BCUT2D eigenvalue weighted by Crippen LogP contribution is 2.21. The quantitative estimate of drug-likeness (QED) is 0.703. The van der Waals surface area contributed by atoms with E-state index in [1.54, 1.807) is 0 Å². The number of amides is 2. The van der Waals surface area contributed by atoms with Gasteiger partial charge < -0.3 is 9.80 Å². The van der Waals surface area contributed by atoms with E-state index >= 15 is 0 Å². The van der Waals surface area contributed by atoms with Crippen molar-refractivity contribution in [2.45, 2.75) is 47.1 Å². The van der Waals surface area contributed by atoms with Crippen LogP contribution in [-0.2, 0) is 11.3 Å². The summed E-state index contributed by atoms with van der Waals surface area (Å²) < 4.78 is 0. The van der Waals surface area contributed by atoms with Gasteiger partial charge in [-0.1, -0.05) is 26.0 Å². The van der Waals surface area contributed by atoms with Crippen LogP contribution in [0.1, 0.15) is 56.5 Å². The average Bonchev–Trinajstić information content (AvgIpc) is 2.72. The second-order valence-corrected chi connectivity index (χ2v) is 7.24. The number of benzene rings is 1. The molecule has 0 aromatic heterocycles. The van der Waals surface area contributed by atoms with Crippen LogP contribution in [0, 0.1) is 5.92 Å². The van der Waals surface area contributed by atoms with Crippen LogP contribution >= 0.6 is 0 Å². The lowest BCUT2D eigenvalue weighted by Crippen LogP contribution is -2.44. The Bertz CT molecular complexity index is 598. The van der Waals surface area contributed by atoms with Crippen molar-refractivity contribution in [2.75, 3.05) is 39.3 Å². The van der Waals surface area contributed by atoms with Crippen LogP contribution in [0.2, 0.25) is 0 Å². The van der Waals surface area contributed by atoms with E-state index in [0.29, 0.717) is 13.1 Å². The monoisotopic (exact) mass is 373 g/mol. The van der Waals surface area contributed by atoms with Crippen molar-refractivity contribution >= 4 is 11.8 Å². The number of carbonyl (C=O) groups is 2. The SMILES string of the molecule is CCN(CC)Cc1ccc(C(=O)N2CCC(C(=O)N(CC)CC)CC2)cc1. The van der Waals surface area contributed by atoms with Crippen molar-refractivity contribution in [3.63, 3.8) is 0 Å². The second-order valence-electron chi connectivity index (χ2n) is 7.24. The molecule has 150 valence electrons. The zero-order valence-corrected chi connectivity index (χ0v) is 17.4. The average molecular weight is 374 g/mol. The third-order valence-corrected chi connectivity index (χ3v) is 5.71. The molecule has 0 bridgehead atoms. The van der Waals surface area contributed by atoms with Gasteiger partial charge in [-0.15, -0.1) is 0 Å². The maximum atomic E-state index is 12.8. The highest BCUT2D eigenvalue weighted by molar-refractivity contribution is 5.94. The van der Waals surface area contributed by atoms with E-state index in [0.717, 1.165) is 51.1 Å². The lowest BCUT2D eigenvalue weighted by atomic mass is 9.94. The van der Waals surface area contributed by atoms with Gasteiger partial charge in [0.15, 0.2) is 0 Å². The van der Waals surface area contributed by atoms with Gasteiger partial charge in [0, 0.05) is 44.2 Å². The molecule has 1 saturated heterocycles. The summed E-state index contributed by atoms with van der Waals surface area (Å²) in [6, 6.07) is 7.99. The predicted molar refractivity (Wildman–Crippen MR) is 110 cm³/mol. The van der Waals surface area contributed by atoms with E-state index in [9.17, 15) is 9.59 Å². The van der Waals surface area contributed by atoms with Crippen molar-refractivity contribution in [3.8, 4) is 0 Å². The van der Waals surface area contributed by atoms with Crippen LogP contribution in [0.15, 0.2) is 24.3 Å². The maximum absolute atomic E-state index is 12.8. The number of likely N-dealkylation sites (tertiary alicyclic amines) is 1. The molecule has 1 fully saturated rings. The molecule has 0 saturated carbocycles. The van der Waals surface area contributed by atoms with Crippen LogP contribution < -0.4 is 0 Å². The lowest BCUT2D eigenvalue weighted by Gasteiger charge is -2.33. The van der Waals surface area contributed by atoms with E-state index < -0.39 is 0 Å². The Balaban J connectivity index is 1.91. The lowest BCUT2D eigenvalue weighted by molar-refractivity contribution is -0.136. The Morgan fingerprint density at radius 1 is 0.926 bits per heavy atom. The summed E-state index contributed by atoms with van der Waals surface area (Å²) in [4.78, 5) is 31.4. The molecule has 2 amide bonds. The molecule has 5 heteroatoms. The third kappa shape index (κ3) is 5.55. The number of nitrogens with zero attached hydrogens (tertiary/aromatic N) is 3. The molecule has 1 aromatic carbocycles. The first kappa shape index (κ1) is 21.4. The molecule has 0 radical (unpaired) electrons. The topological polar surface area (TPSA) is 43.9 Å². The van der Waals surface area contributed by atoms with E-state index in [4.69, 9.17) is 0 Å². The summed E-state index contributed by atoms with van der Waals surface area (Å²) in [5.41, 5.74) is 1.98. The van der Waals surface area contributed by atoms with Gasteiger partial charge in [-0.2, -0.15) is 0 Å². The minimum absolute atomic E-state index is 0.0606. The van der Waals surface area contributed by atoms with Crippen molar-refractivity contribution in [1.29, 1.82) is 0 Å². The van der Waals surface area contributed by atoms with Crippen molar-refractivity contribution in [2.24, 2.45) is 5.92 Å². The maximum Gasteiger partial charge on any atom is 0.253 e. The number of hydrogen-bond donors (Lipinski definition) is 0. The van der Waals surface area contributed by atoms with Crippen LogP contribution in [0.5, 0.6) is 0 Å². The summed E-state index contributed by atoms with van der Waals surface area (Å²) in [6.07, 6.45) is 1.53. The molecule has 2 rings (SSSR count). The summed E-state index contributed by atoms with van der Waals surface area (Å²) in [5.74, 6) is 0.386. The molecule has 1 heterocycles. The molecule has 0 aliphatic carbocycles. The zero-order chi connectivity index (χ0) is 19.8. The number of hydrogen-bond acceptors (Lipinski definition) is 3. The van der Waals surface area contributed by atoms with Crippen molar-refractivity contribution in [3.05, 3.63) is 35.4 Å². The van der Waals surface area contributed by atoms with Crippen molar-refractivity contribution in [1.82, 2.24) is 14.7 Å². The first-order chi connectivity index (χ1) is 13.0. The van der Waals surface area contributed by atoms with Gasteiger partial charge in [0.05, 0.1) is 0 Å². The fraction of sp³-hybridized carbons (Fsp3) is 0.636. The Hall–Kier alpha value is -1.88. The molecule has 1 aliphatic heterocycles. The summed E-state index contributed by atoms with van der Waals surface area (Å²) in [6.45, 7) is 14.2. The van der Waals surface area contributed by atoms with Gasteiger partial charge >= 0.3 is 0 Å². The van der Waals surface area contributed by atoms with Crippen LogP contribution in [-0.4, -0.2) is 65.8 Å². The van der Waals surface area contributed by atoms with Crippen LogP contribution in [0.3, 0.4) is 0 Å². The highest BCUT2D eigenvalue weighted by atomic mass is 16.2. The van der Waals surface area contributed by atoms with Crippen LogP contribution in [0.25, 0.3) is 0 Å². The van der Waals surface area contributed by atoms with E-state index in [1.165, 1.54) is 5.56 Å². The molecule has 27 heavy (non-hydrogen) atoms. The minimum Gasteiger partial charge on any atom is -0.343 e. The zero-order valence-electron chi connectivity index (χ0n) is 17.4. The molecular weight excluding hydrogens is 338 g/mol. The number of piperidine rings is 1. The third-order valence-electron chi connectivity index (χ3n) is 5.71. The second kappa shape index (κ2) is 10.5. The molecular formula is C22H35N3O2. The fourth-order valence-corrected chi connectivity index (χ4v) is 3.76. The first-order valence-corrected chi connectivity index (χ1v) is 10.4. The highest BCUT2D eigenvalue weighted by Gasteiger charge is 2.29. The van der Waals surface area contributed by atoms with E-state index in [1.807, 2.05) is 35.8 Å². The molecule has 0 spiro atoms. The molecule has 0 atom stereocenters. The normalized spacial score (nSPS) is 15.2. The van der Waals surface area contributed by atoms with Crippen LogP contribution in [0.4, 0.5) is 0 Å². The van der Waals surface area contributed by atoms with Gasteiger partial charge in [-0.05, 0) is 57.5 Å². The number of carbonyl (C=O) groups excluding carboxylic acids is 2.